The van der Waals surface area contributed by atoms with E-state index in [0.29, 0.717) is 13.0 Å². The number of nitrogens with two attached hydrogens (primary N) is 1. The second-order valence-electron chi connectivity index (χ2n) is 5.25. The van der Waals surface area contributed by atoms with Gasteiger partial charge in [0.15, 0.2) is 0 Å². The first-order chi connectivity index (χ1) is 9.70. The van der Waals surface area contributed by atoms with Crippen molar-refractivity contribution in [3.05, 3.63) is 23.5 Å². The lowest BCUT2D eigenvalue weighted by molar-refractivity contribution is -0.132. The zero-order chi connectivity index (χ0) is 15.8. The van der Waals surface area contributed by atoms with E-state index in [4.69, 9.17) is 5.73 Å². The van der Waals surface area contributed by atoms with Crippen LogP contribution < -0.4 is 10.5 Å². The average Bonchev–Trinajstić information content (AvgIpc) is 2.39. The van der Waals surface area contributed by atoms with Crippen LogP contribution in [0.5, 0.6) is 0 Å². The fourth-order valence-corrected chi connectivity index (χ4v) is 3.53. The van der Waals surface area contributed by atoms with Gasteiger partial charge in [0.05, 0.1) is 4.90 Å². The second kappa shape index (κ2) is 5.61. The maximum absolute atomic E-state index is 13.6. The lowest BCUT2D eigenvalue weighted by Crippen LogP contribution is -2.48. The molecule has 1 aliphatic heterocycles. The third-order valence-corrected chi connectivity index (χ3v) is 5.12. The number of nitrogen functional groups attached to an aromatic ring is 1. The van der Waals surface area contributed by atoms with Crippen LogP contribution in [0, 0.1) is 12.7 Å². The summed E-state index contributed by atoms with van der Waals surface area (Å²) < 4.78 is 40.7. The van der Waals surface area contributed by atoms with Gasteiger partial charge in [0.2, 0.25) is 15.9 Å². The van der Waals surface area contributed by atoms with Gasteiger partial charge in [-0.25, -0.2) is 17.5 Å². The summed E-state index contributed by atoms with van der Waals surface area (Å²) in [7, 11) is -2.25. The largest absolute Gasteiger partial charge is 0.398 e. The molecule has 1 aliphatic rings. The molecule has 1 heterocycles. The number of halogens is 1. The highest BCUT2D eigenvalue weighted by atomic mass is 32.2. The van der Waals surface area contributed by atoms with E-state index in [0.717, 1.165) is 6.07 Å². The predicted octanol–water partition coefficient (Wildman–Crippen LogP) is 0.615. The minimum Gasteiger partial charge on any atom is -0.398 e. The van der Waals surface area contributed by atoms with Gasteiger partial charge in [-0.1, -0.05) is 0 Å². The van der Waals surface area contributed by atoms with Gasteiger partial charge >= 0.3 is 0 Å². The molecule has 8 heteroatoms. The van der Waals surface area contributed by atoms with E-state index in [-0.39, 0.29) is 34.5 Å². The Balaban J connectivity index is 2.21. The summed E-state index contributed by atoms with van der Waals surface area (Å²) in [5.41, 5.74) is 5.92. The topological polar surface area (TPSA) is 92.5 Å². The minimum atomic E-state index is -3.87. The molecule has 1 atom stereocenters. The smallest absolute Gasteiger partial charge is 0.241 e. The monoisotopic (exact) mass is 315 g/mol. The molecular formula is C13H18FN3O3S. The first-order valence-corrected chi connectivity index (χ1v) is 8.01. The van der Waals surface area contributed by atoms with Crippen LogP contribution in [0.3, 0.4) is 0 Å². The molecule has 2 rings (SSSR count). The molecular weight excluding hydrogens is 297 g/mol. The number of anilines is 1. The third-order valence-electron chi connectivity index (χ3n) is 3.62. The Bertz CT molecular complexity index is 652. The molecule has 0 saturated carbocycles. The number of sulfonamides is 1. The molecule has 0 spiro atoms. The highest BCUT2D eigenvalue weighted by Gasteiger charge is 2.27. The predicted molar refractivity (Wildman–Crippen MR) is 76.5 cm³/mol. The summed E-state index contributed by atoms with van der Waals surface area (Å²) in [5, 5.41) is 0. The highest BCUT2D eigenvalue weighted by Crippen LogP contribution is 2.22. The molecule has 1 amide bonds. The molecule has 1 aromatic rings. The Morgan fingerprint density at radius 1 is 1.43 bits per heavy atom. The van der Waals surface area contributed by atoms with Gasteiger partial charge < -0.3 is 10.6 Å². The van der Waals surface area contributed by atoms with Crippen LogP contribution in [0.1, 0.15) is 18.4 Å². The molecule has 1 aromatic carbocycles. The van der Waals surface area contributed by atoms with Crippen molar-refractivity contribution in [3.63, 3.8) is 0 Å². The molecule has 1 fully saturated rings. The SMILES string of the molecule is Cc1c(N)cc(S(=O)(=O)NC2CCC(=O)N(C)C2)cc1F. The molecule has 0 radical (unpaired) electrons. The fourth-order valence-electron chi connectivity index (χ4n) is 2.23. The highest BCUT2D eigenvalue weighted by molar-refractivity contribution is 7.89. The van der Waals surface area contributed by atoms with Crippen LogP contribution in [-0.2, 0) is 14.8 Å². The number of likely N-dealkylation sites (tertiary alicyclic amines) is 1. The summed E-state index contributed by atoms with van der Waals surface area (Å²) in [5.74, 6) is -0.678. The zero-order valence-corrected chi connectivity index (χ0v) is 12.7. The van der Waals surface area contributed by atoms with Gasteiger partial charge in [-0.05, 0) is 25.5 Å². The molecule has 0 aromatic heterocycles. The Hall–Kier alpha value is -1.67. The number of hydrogen-bond donors (Lipinski definition) is 2. The van der Waals surface area contributed by atoms with Crippen molar-refractivity contribution in [2.75, 3.05) is 19.3 Å². The van der Waals surface area contributed by atoms with E-state index in [9.17, 15) is 17.6 Å². The summed E-state index contributed by atoms with van der Waals surface area (Å²) in [6.45, 7) is 1.78. The van der Waals surface area contributed by atoms with Gasteiger partial charge in [-0.3, -0.25) is 4.79 Å². The molecule has 116 valence electrons. The lowest BCUT2D eigenvalue weighted by Gasteiger charge is -2.30. The molecule has 21 heavy (non-hydrogen) atoms. The van der Waals surface area contributed by atoms with Crippen LogP contribution in [0.25, 0.3) is 0 Å². The van der Waals surface area contributed by atoms with Crippen LogP contribution in [-0.4, -0.2) is 38.9 Å². The maximum atomic E-state index is 13.6. The van der Waals surface area contributed by atoms with Crippen molar-refractivity contribution in [2.45, 2.75) is 30.7 Å². The average molecular weight is 315 g/mol. The minimum absolute atomic E-state index is 0.0175. The second-order valence-corrected chi connectivity index (χ2v) is 6.96. The number of likely N-dealkylation sites (N-methyl/N-ethyl adjacent to an activating group) is 1. The van der Waals surface area contributed by atoms with E-state index in [1.54, 1.807) is 7.05 Å². The number of amides is 1. The number of nitrogens with one attached hydrogen (secondary N) is 1. The first kappa shape index (κ1) is 15.7. The Morgan fingerprint density at radius 2 is 2.10 bits per heavy atom. The molecule has 0 aliphatic carbocycles. The van der Waals surface area contributed by atoms with Crippen molar-refractivity contribution < 1.29 is 17.6 Å². The molecule has 1 saturated heterocycles. The number of carbonyl (C=O) groups is 1. The van der Waals surface area contributed by atoms with Crippen molar-refractivity contribution in [2.24, 2.45) is 0 Å². The number of benzene rings is 1. The van der Waals surface area contributed by atoms with Crippen LogP contribution in [0.4, 0.5) is 10.1 Å². The fraction of sp³-hybridized carbons (Fsp3) is 0.462. The van der Waals surface area contributed by atoms with E-state index < -0.39 is 15.8 Å². The van der Waals surface area contributed by atoms with E-state index in [1.807, 2.05) is 0 Å². The van der Waals surface area contributed by atoms with Gasteiger partial charge in [-0.15, -0.1) is 0 Å². The van der Waals surface area contributed by atoms with Gasteiger partial charge in [0.1, 0.15) is 5.82 Å². The van der Waals surface area contributed by atoms with E-state index in [1.165, 1.54) is 17.9 Å². The van der Waals surface area contributed by atoms with Crippen molar-refractivity contribution in [3.8, 4) is 0 Å². The Morgan fingerprint density at radius 3 is 2.67 bits per heavy atom. The van der Waals surface area contributed by atoms with Crippen LogP contribution >= 0.6 is 0 Å². The van der Waals surface area contributed by atoms with E-state index in [2.05, 4.69) is 4.72 Å². The number of hydrogen-bond acceptors (Lipinski definition) is 4. The van der Waals surface area contributed by atoms with Crippen LogP contribution in [0.2, 0.25) is 0 Å². The lowest BCUT2D eigenvalue weighted by atomic mass is 10.1. The zero-order valence-electron chi connectivity index (χ0n) is 11.9. The molecule has 1 unspecified atom stereocenters. The normalized spacial score (nSPS) is 19.9. The van der Waals surface area contributed by atoms with Crippen LogP contribution in [0.15, 0.2) is 17.0 Å². The maximum Gasteiger partial charge on any atom is 0.241 e. The van der Waals surface area contributed by atoms with Gasteiger partial charge in [0.25, 0.3) is 0 Å². The number of nitrogens with zero attached hydrogens (tertiary/aromatic N) is 1. The van der Waals surface area contributed by atoms with Crippen molar-refractivity contribution in [1.29, 1.82) is 0 Å². The molecule has 0 bridgehead atoms. The summed E-state index contributed by atoms with van der Waals surface area (Å²) >= 11 is 0. The van der Waals surface area contributed by atoms with Gasteiger partial charge in [-0.2, -0.15) is 0 Å². The summed E-state index contributed by atoms with van der Waals surface area (Å²) in [6.07, 6.45) is 0.709. The molecule has 3 N–H and O–H groups in total. The number of rotatable bonds is 3. The third kappa shape index (κ3) is 3.33. The molecule has 6 nitrogen and oxygen atoms in total. The first-order valence-electron chi connectivity index (χ1n) is 6.52. The quantitative estimate of drug-likeness (QED) is 0.800. The van der Waals surface area contributed by atoms with Gasteiger partial charge in [0, 0.05) is 37.3 Å². The standard InChI is InChI=1S/C13H18FN3O3S/c1-8-11(14)5-10(6-12(8)15)21(19,20)16-9-3-4-13(18)17(2)7-9/h5-6,9,16H,3-4,7,15H2,1-2H3. The number of piperidine rings is 1. The Labute approximate surface area is 123 Å². The van der Waals surface area contributed by atoms with Crippen molar-refractivity contribution >= 4 is 21.6 Å². The van der Waals surface area contributed by atoms with Crippen molar-refractivity contribution in [1.82, 2.24) is 9.62 Å². The summed E-state index contributed by atoms with van der Waals surface area (Å²) in [6, 6.07) is 1.80. The Kier molecular flexibility index (Phi) is 4.20. The summed E-state index contributed by atoms with van der Waals surface area (Å²) in [4.78, 5) is 12.7. The number of carbonyl (C=O) groups excluding carboxylic acids is 1. The van der Waals surface area contributed by atoms with E-state index >= 15 is 0 Å².